The highest BCUT2D eigenvalue weighted by molar-refractivity contribution is 9.10. The molecule has 8 nitrogen and oxygen atoms in total. The Morgan fingerprint density at radius 2 is 1.73 bits per heavy atom. The summed E-state index contributed by atoms with van der Waals surface area (Å²) in [7, 11) is 0. The monoisotopic (exact) mass is 488 g/mol. The second-order valence-electron chi connectivity index (χ2n) is 6.74. The largest absolute Gasteiger partial charge is 0.368 e. The maximum Gasteiger partial charge on any atom is 0.353 e. The molecular formula is C20H18BrClN6O2. The van der Waals surface area contributed by atoms with Crippen molar-refractivity contribution < 1.29 is 4.92 Å². The Morgan fingerprint density at radius 3 is 2.40 bits per heavy atom. The highest BCUT2D eigenvalue weighted by Crippen LogP contribution is 2.34. The maximum atomic E-state index is 11.9. The molecule has 0 spiro atoms. The third kappa shape index (κ3) is 4.47. The molecule has 1 fully saturated rings. The van der Waals surface area contributed by atoms with Crippen LogP contribution < -0.4 is 15.1 Å². The van der Waals surface area contributed by atoms with Crippen molar-refractivity contribution >= 4 is 56.2 Å². The lowest BCUT2D eigenvalue weighted by molar-refractivity contribution is -0.383. The number of nitrogens with zero attached hydrogens (tertiary/aromatic N) is 5. The summed E-state index contributed by atoms with van der Waals surface area (Å²) in [6.07, 6.45) is 1.35. The first kappa shape index (κ1) is 20.4. The van der Waals surface area contributed by atoms with Crippen molar-refractivity contribution in [3.63, 3.8) is 0 Å². The fourth-order valence-electron chi connectivity index (χ4n) is 3.38. The second-order valence-corrected chi connectivity index (χ2v) is 8.09. The molecule has 0 unspecified atom stereocenters. The molecule has 0 saturated carbocycles. The molecule has 0 atom stereocenters. The van der Waals surface area contributed by atoms with Crippen LogP contribution in [0.2, 0.25) is 5.02 Å². The number of nitro groups is 1. The Balaban J connectivity index is 1.55. The minimum atomic E-state index is -0.431. The summed E-state index contributed by atoms with van der Waals surface area (Å²) in [5, 5.41) is 15.6. The molecule has 3 aromatic rings. The molecule has 0 bridgehead atoms. The van der Waals surface area contributed by atoms with Gasteiger partial charge in [-0.05, 0) is 42.5 Å². The van der Waals surface area contributed by atoms with Gasteiger partial charge in [0.1, 0.15) is 6.33 Å². The minimum absolute atomic E-state index is 0.128. The smallest absolute Gasteiger partial charge is 0.353 e. The standard InChI is InChI=1S/C20H18BrClN6O2/c21-14-4-6-16(7-5-14)25-19-18(28(29)30)20(24-13-23-19)27-10-8-26(9-11-27)17-3-1-2-15(22)12-17/h1-7,12-13H,8-11H2,(H,23,24,25). The lowest BCUT2D eigenvalue weighted by atomic mass is 10.2. The number of benzene rings is 2. The molecule has 1 N–H and O–H groups in total. The van der Waals surface area contributed by atoms with Gasteiger partial charge >= 0.3 is 5.69 Å². The average molecular weight is 490 g/mol. The zero-order valence-electron chi connectivity index (χ0n) is 15.8. The third-order valence-electron chi connectivity index (χ3n) is 4.85. The summed E-state index contributed by atoms with van der Waals surface area (Å²) in [4.78, 5) is 23.9. The fourth-order valence-corrected chi connectivity index (χ4v) is 3.83. The van der Waals surface area contributed by atoms with Gasteiger partial charge in [0.05, 0.1) is 4.92 Å². The van der Waals surface area contributed by atoms with Crippen LogP contribution in [0.4, 0.5) is 28.7 Å². The van der Waals surface area contributed by atoms with E-state index in [1.807, 2.05) is 53.4 Å². The molecule has 1 aliphatic rings. The number of piperazine rings is 1. The summed E-state index contributed by atoms with van der Waals surface area (Å²) in [5.41, 5.74) is 1.62. The van der Waals surface area contributed by atoms with Crippen molar-refractivity contribution in [2.75, 3.05) is 41.3 Å². The normalized spacial score (nSPS) is 13.9. The number of halogens is 2. The summed E-state index contributed by atoms with van der Waals surface area (Å²) >= 11 is 9.48. The quantitative estimate of drug-likeness (QED) is 0.404. The summed E-state index contributed by atoms with van der Waals surface area (Å²) < 4.78 is 0.920. The van der Waals surface area contributed by atoms with Gasteiger partial charge in [-0.25, -0.2) is 9.97 Å². The van der Waals surface area contributed by atoms with Crippen LogP contribution >= 0.6 is 27.5 Å². The predicted octanol–water partition coefficient (Wildman–Crippen LogP) is 4.87. The van der Waals surface area contributed by atoms with Gasteiger partial charge in [-0.2, -0.15) is 0 Å². The fraction of sp³-hybridized carbons (Fsp3) is 0.200. The Kier molecular flexibility index (Phi) is 6.01. The Bertz CT molecular complexity index is 1060. The van der Waals surface area contributed by atoms with E-state index in [4.69, 9.17) is 11.6 Å². The van der Waals surface area contributed by atoms with Gasteiger partial charge in [-0.3, -0.25) is 10.1 Å². The molecule has 0 aliphatic carbocycles. The van der Waals surface area contributed by atoms with E-state index in [1.165, 1.54) is 6.33 Å². The van der Waals surface area contributed by atoms with Gasteiger partial charge in [0.25, 0.3) is 0 Å². The van der Waals surface area contributed by atoms with Gasteiger partial charge in [0.15, 0.2) is 0 Å². The molecule has 2 aromatic carbocycles. The molecule has 1 saturated heterocycles. The van der Waals surface area contributed by atoms with Crippen molar-refractivity contribution in [1.29, 1.82) is 0 Å². The number of aromatic nitrogens is 2. The molecule has 10 heteroatoms. The van der Waals surface area contributed by atoms with E-state index < -0.39 is 4.92 Å². The van der Waals surface area contributed by atoms with E-state index in [2.05, 4.69) is 36.1 Å². The third-order valence-corrected chi connectivity index (χ3v) is 5.61. The van der Waals surface area contributed by atoms with Gasteiger partial charge in [-0.15, -0.1) is 0 Å². The number of hydrogen-bond acceptors (Lipinski definition) is 7. The maximum absolute atomic E-state index is 11.9. The SMILES string of the molecule is O=[N+]([O-])c1c(Nc2ccc(Br)cc2)ncnc1N1CCN(c2cccc(Cl)c2)CC1. The number of nitrogens with one attached hydrogen (secondary N) is 1. The molecule has 1 aromatic heterocycles. The highest BCUT2D eigenvalue weighted by atomic mass is 79.9. The van der Waals surface area contributed by atoms with Gasteiger partial charge in [0.2, 0.25) is 11.6 Å². The zero-order valence-corrected chi connectivity index (χ0v) is 18.2. The van der Waals surface area contributed by atoms with Crippen LogP contribution in [-0.2, 0) is 0 Å². The lowest BCUT2D eigenvalue weighted by Gasteiger charge is -2.36. The first-order valence-corrected chi connectivity index (χ1v) is 10.5. The Hall–Kier alpha value is -2.91. The number of rotatable bonds is 5. The van der Waals surface area contributed by atoms with Crippen molar-refractivity contribution in [2.45, 2.75) is 0 Å². The molecule has 0 amide bonds. The van der Waals surface area contributed by atoms with E-state index in [9.17, 15) is 10.1 Å². The van der Waals surface area contributed by atoms with Crippen LogP contribution in [0.25, 0.3) is 0 Å². The van der Waals surface area contributed by atoms with Crippen molar-refractivity contribution in [3.05, 3.63) is 74.5 Å². The van der Waals surface area contributed by atoms with E-state index in [1.54, 1.807) is 0 Å². The number of anilines is 4. The first-order valence-electron chi connectivity index (χ1n) is 9.29. The molecular weight excluding hydrogens is 472 g/mol. The molecule has 154 valence electrons. The predicted molar refractivity (Wildman–Crippen MR) is 122 cm³/mol. The van der Waals surface area contributed by atoms with Crippen LogP contribution in [0.3, 0.4) is 0 Å². The van der Waals surface area contributed by atoms with Crippen molar-refractivity contribution in [1.82, 2.24) is 9.97 Å². The van der Waals surface area contributed by atoms with Crippen LogP contribution in [0, 0.1) is 10.1 Å². The molecule has 2 heterocycles. The first-order chi connectivity index (χ1) is 14.5. The summed E-state index contributed by atoms with van der Waals surface area (Å²) in [6.45, 7) is 2.61. The average Bonchev–Trinajstić information content (AvgIpc) is 2.75. The Labute approximate surface area is 186 Å². The zero-order chi connectivity index (χ0) is 21.1. The van der Waals surface area contributed by atoms with Crippen LogP contribution in [0.15, 0.2) is 59.3 Å². The van der Waals surface area contributed by atoms with E-state index in [0.29, 0.717) is 42.7 Å². The molecule has 1 aliphatic heterocycles. The van der Waals surface area contributed by atoms with Crippen molar-refractivity contribution in [3.8, 4) is 0 Å². The van der Waals surface area contributed by atoms with Gasteiger partial charge in [-0.1, -0.05) is 33.6 Å². The highest BCUT2D eigenvalue weighted by Gasteiger charge is 2.29. The van der Waals surface area contributed by atoms with Gasteiger partial charge < -0.3 is 15.1 Å². The van der Waals surface area contributed by atoms with E-state index >= 15 is 0 Å². The minimum Gasteiger partial charge on any atom is -0.368 e. The van der Waals surface area contributed by atoms with Crippen LogP contribution in [0.1, 0.15) is 0 Å². The van der Waals surface area contributed by atoms with E-state index in [-0.39, 0.29) is 11.5 Å². The van der Waals surface area contributed by atoms with Crippen LogP contribution in [-0.4, -0.2) is 41.1 Å². The molecule has 30 heavy (non-hydrogen) atoms. The number of hydrogen-bond donors (Lipinski definition) is 1. The molecule has 0 radical (unpaired) electrons. The Morgan fingerprint density at radius 1 is 1.03 bits per heavy atom. The molecule has 4 rings (SSSR count). The summed E-state index contributed by atoms with van der Waals surface area (Å²) in [6, 6.07) is 15.0. The van der Waals surface area contributed by atoms with E-state index in [0.717, 1.165) is 10.2 Å². The summed E-state index contributed by atoms with van der Waals surface area (Å²) in [5.74, 6) is 0.491. The topological polar surface area (TPSA) is 87.4 Å². The van der Waals surface area contributed by atoms with Gasteiger partial charge in [0, 0.05) is 47.0 Å². The lowest BCUT2D eigenvalue weighted by Crippen LogP contribution is -2.47. The van der Waals surface area contributed by atoms with Crippen LogP contribution in [0.5, 0.6) is 0 Å². The van der Waals surface area contributed by atoms with Crippen molar-refractivity contribution in [2.24, 2.45) is 0 Å². The second kappa shape index (κ2) is 8.85.